The van der Waals surface area contributed by atoms with Crippen LogP contribution in [0.1, 0.15) is 18.7 Å². The molecule has 1 saturated heterocycles. The van der Waals surface area contributed by atoms with Crippen LogP contribution in [0, 0.1) is 0 Å². The van der Waals surface area contributed by atoms with E-state index in [2.05, 4.69) is 25.5 Å². The van der Waals surface area contributed by atoms with E-state index in [0.717, 1.165) is 52.6 Å². The van der Waals surface area contributed by atoms with Crippen molar-refractivity contribution in [1.29, 1.82) is 0 Å². The van der Waals surface area contributed by atoms with Crippen LogP contribution in [0.2, 0.25) is 0 Å². The Bertz CT molecular complexity index is 1070. The van der Waals surface area contributed by atoms with E-state index in [1.54, 1.807) is 6.20 Å². The second kappa shape index (κ2) is 10.2. The Morgan fingerprint density at radius 3 is 2.65 bits per heavy atom. The van der Waals surface area contributed by atoms with Crippen LogP contribution in [-0.2, 0) is 11.3 Å². The second-order valence-corrected chi connectivity index (χ2v) is 7.36. The summed E-state index contributed by atoms with van der Waals surface area (Å²) in [5, 5.41) is 9.99. The fourth-order valence-corrected chi connectivity index (χ4v) is 3.44. The zero-order valence-corrected chi connectivity index (χ0v) is 17.6. The molecule has 1 fully saturated rings. The normalized spacial score (nSPS) is 15.6. The third-order valence-electron chi connectivity index (χ3n) is 5.04. The van der Waals surface area contributed by atoms with Gasteiger partial charge in [0.25, 0.3) is 0 Å². The van der Waals surface area contributed by atoms with Gasteiger partial charge >= 0.3 is 0 Å². The van der Waals surface area contributed by atoms with Crippen molar-refractivity contribution >= 4 is 11.0 Å². The highest BCUT2D eigenvalue weighted by Gasteiger charge is 2.11. The van der Waals surface area contributed by atoms with Crippen LogP contribution in [0.5, 0.6) is 11.5 Å². The molecule has 1 atom stereocenters. The first kappa shape index (κ1) is 21.0. The van der Waals surface area contributed by atoms with Crippen LogP contribution in [0.15, 0.2) is 54.7 Å². The summed E-state index contributed by atoms with van der Waals surface area (Å²) in [5.74, 6) is 2.46. The summed E-state index contributed by atoms with van der Waals surface area (Å²) in [6.45, 7) is 2.32. The van der Waals surface area contributed by atoms with E-state index < -0.39 is 0 Å². The number of nitrogens with two attached hydrogens (primary N) is 1. The van der Waals surface area contributed by atoms with Crippen LogP contribution in [0.25, 0.3) is 22.3 Å². The first-order valence-electron chi connectivity index (χ1n) is 10.5. The van der Waals surface area contributed by atoms with Gasteiger partial charge in [0.15, 0.2) is 0 Å². The molecular weight excluding hydrogens is 392 g/mol. The van der Waals surface area contributed by atoms with Crippen molar-refractivity contribution in [2.75, 3.05) is 20.2 Å². The Morgan fingerprint density at radius 1 is 1.16 bits per heavy atom. The third kappa shape index (κ3) is 5.49. The Morgan fingerprint density at radius 2 is 2.00 bits per heavy atom. The molecule has 8 heteroatoms. The van der Waals surface area contributed by atoms with E-state index in [4.69, 9.17) is 15.2 Å². The van der Waals surface area contributed by atoms with E-state index >= 15 is 0 Å². The van der Waals surface area contributed by atoms with Gasteiger partial charge in [0.1, 0.15) is 17.3 Å². The lowest BCUT2D eigenvalue weighted by molar-refractivity contribution is 0.117. The summed E-state index contributed by atoms with van der Waals surface area (Å²) in [4.78, 5) is 7.82. The van der Waals surface area contributed by atoms with E-state index in [-0.39, 0.29) is 0 Å². The summed E-state index contributed by atoms with van der Waals surface area (Å²) in [5.41, 5.74) is 9.26. The van der Waals surface area contributed by atoms with Crippen LogP contribution in [0.4, 0.5) is 0 Å². The summed E-state index contributed by atoms with van der Waals surface area (Å²) in [6.07, 6.45) is 4.47. The highest BCUT2D eigenvalue weighted by Crippen LogP contribution is 2.27. The van der Waals surface area contributed by atoms with E-state index in [0.29, 0.717) is 19.2 Å². The maximum atomic E-state index is 5.93. The number of aromatic amines is 2. The van der Waals surface area contributed by atoms with Crippen molar-refractivity contribution in [3.05, 3.63) is 60.6 Å². The highest BCUT2D eigenvalue weighted by atomic mass is 16.5. The quantitative estimate of drug-likeness (QED) is 0.379. The molecule has 162 valence electrons. The summed E-state index contributed by atoms with van der Waals surface area (Å²) >= 11 is 0. The summed E-state index contributed by atoms with van der Waals surface area (Å²) in [7, 11) is 1.90. The number of rotatable bonds is 6. The van der Waals surface area contributed by atoms with Crippen LogP contribution in [0.3, 0.4) is 0 Å². The lowest BCUT2D eigenvalue weighted by Crippen LogP contribution is -2.17. The number of nitrogens with zero attached hydrogens (tertiary/aromatic N) is 2. The minimum absolute atomic E-state index is 0.375. The molecular formula is C23H28N6O2. The molecule has 0 saturated carbocycles. The SMILES string of the molecule is CNCc1nc2cc(Oc3ccc(-c4ccn[nH]4)cc3)ccc2[nH]1.NCC1CCCO1. The standard InChI is InChI=1S/C18H17N5O.C5H11NO/c1-19-11-18-21-16-7-6-14(10-17(16)22-18)24-13-4-2-12(3-5-13)15-8-9-20-23-15;6-4-5-2-1-3-7-5/h2-10,19H,11H2,1H3,(H,20,23)(H,21,22);5H,1-4,6H2. The van der Waals surface area contributed by atoms with Gasteiger partial charge in [-0.3, -0.25) is 5.10 Å². The van der Waals surface area contributed by atoms with Gasteiger partial charge in [0.2, 0.25) is 0 Å². The van der Waals surface area contributed by atoms with E-state index in [1.165, 1.54) is 6.42 Å². The number of aromatic nitrogens is 4. The van der Waals surface area contributed by atoms with Crippen molar-refractivity contribution in [2.24, 2.45) is 5.73 Å². The molecule has 0 radical (unpaired) electrons. The predicted molar refractivity (Wildman–Crippen MR) is 121 cm³/mol. The molecule has 1 aliphatic rings. The van der Waals surface area contributed by atoms with Gasteiger partial charge in [0.05, 0.1) is 29.4 Å². The number of H-pyrrole nitrogens is 2. The van der Waals surface area contributed by atoms with Gasteiger partial charge < -0.3 is 25.5 Å². The molecule has 0 bridgehead atoms. The van der Waals surface area contributed by atoms with Gasteiger partial charge in [0, 0.05) is 25.4 Å². The zero-order valence-electron chi connectivity index (χ0n) is 17.6. The van der Waals surface area contributed by atoms with Crippen LogP contribution >= 0.6 is 0 Å². The molecule has 2 aromatic carbocycles. The minimum atomic E-state index is 0.375. The average Bonchev–Trinajstić information content (AvgIpc) is 3.56. The fraction of sp³-hybridized carbons (Fsp3) is 0.304. The number of benzene rings is 2. The van der Waals surface area contributed by atoms with Crippen molar-refractivity contribution in [3.63, 3.8) is 0 Å². The first-order valence-corrected chi connectivity index (χ1v) is 10.5. The van der Waals surface area contributed by atoms with Crippen molar-refractivity contribution in [1.82, 2.24) is 25.5 Å². The summed E-state index contributed by atoms with van der Waals surface area (Å²) in [6, 6.07) is 15.7. The Hall–Kier alpha value is -3.20. The van der Waals surface area contributed by atoms with E-state index in [9.17, 15) is 0 Å². The number of hydrogen-bond acceptors (Lipinski definition) is 6. The van der Waals surface area contributed by atoms with Crippen molar-refractivity contribution in [3.8, 4) is 22.8 Å². The minimum Gasteiger partial charge on any atom is -0.457 e. The van der Waals surface area contributed by atoms with E-state index in [1.807, 2.05) is 55.6 Å². The number of hydrogen-bond donors (Lipinski definition) is 4. The Balaban J connectivity index is 0.000000282. The molecule has 2 aromatic heterocycles. The Kier molecular flexibility index (Phi) is 6.93. The van der Waals surface area contributed by atoms with Crippen LogP contribution < -0.4 is 15.8 Å². The zero-order chi connectivity index (χ0) is 21.5. The fourth-order valence-electron chi connectivity index (χ4n) is 3.44. The van der Waals surface area contributed by atoms with Gasteiger partial charge in [-0.25, -0.2) is 4.98 Å². The monoisotopic (exact) mass is 420 g/mol. The van der Waals surface area contributed by atoms with Crippen LogP contribution in [-0.4, -0.2) is 46.5 Å². The van der Waals surface area contributed by atoms with Crippen molar-refractivity contribution in [2.45, 2.75) is 25.5 Å². The molecule has 0 spiro atoms. The molecule has 5 rings (SSSR count). The molecule has 0 amide bonds. The molecule has 5 N–H and O–H groups in total. The molecule has 31 heavy (non-hydrogen) atoms. The lowest BCUT2D eigenvalue weighted by Gasteiger charge is -2.06. The average molecular weight is 421 g/mol. The molecule has 3 heterocycles. The molecule has 0 aliphatic carbocycles. The smallest absolute Gasteiger partial charge is 0.129 e. The van der Waals surface area contributed by atoms with Gasteiger partial charge in [-0.2, -0.15) is 5.10 Å². The molecule has 1 aliphatic heterocycles. The number of imidazole rings is 1. The molecule has 4 aromatic rings. The summed E-state index contributed by atoms with van der Waals surface area (Å²) < 4.78 is 11.1. The molecule has 1 unspecified atom stereocenters. The molecule has 8 nitrogen and oxygen atoms in total. The number of ether oxygens (including phenoxy) is 2. The third-order valence-corrected chi connectivity index (χ3v) is 5.04. The number of nitrogens with one attached hydrogen (secondary N) is 3. The Labute approximate surface area is 181 Å². The topological polar surface area (TPSA) is 114 Å². The lowest BCUT2D eigenvalue weighted by atomic mass is 10.1. The van der Waals surface area contributed by atoms with Crippen molar-refractivity contribution < 1.29 is 9.47 Å². The maximum absolute atomic E-state index is 5.93. The maximum Gasteiger partial charge on any atom is 0.129 e. The number of fused-ring (bicyclic) bond motifs is 1. The largest absolute Gasteiger partial charge is 0.457 e. The van der Waals surface area contributed by atoms with Gasteiger partial charge in [-0.15, -0.1) is 0 Å². The second-order valence-electron chi connectivity index (χ2n) is 7.36. The van der Waals surface area contributed by atoms with Gasteiger partial charge in [-0.05, 0) is 67.9 Å². The first-order chi connectivity index (χ1) is 15.2. The van der Waals surface area contributed by atoms with Gasteiger partial charge in [-0.1, -0.05) is 0 Å². The predicted octanol–water partition coefficient (Wildman–Crippen LogP) is 3.59. The highest BCUT2D eigenvalue weighted by molar-refractivity contribution is 5.77.